The Hall–Kier alpha value is -6.05. The lowest BCUT2D eigenvalue weighted by Gasteiger charge is -2.24. The van der Waals surface area contributed by atoms with Crippen LogP contribution in [0.25, 0.3) is 22.3 Å². The van der Waals surface area contributed by atoms with Crippen LogP contribution in [0.4, 0.5) is 0 Å². The number of primary amides is 1. The average Bonchev–Trinajstić information content (AvgIpc) is 3.20. The molecule has 13 nitrogen and oxygen atoms in total. The minimum absolute atomic E-state index is 0.0797. The zero-order valence-corrected chi connectivity index (χ0v) is 33.3. The zero-order valence-electron chi connectivity index (χ0n) is 32.6. The van der Waals surface area contributed by atoms with Gasteiger partial charge in [0, 0.05) is 42.8 Å². The second kappa shape index (κ2) is 22.6. The van der Waals surface area contributed by atoms with Crippen molar-refractivity contribution in [2.45, 2.75) is 63.5 Å². The molecule has 2 amide bonds. The minimum Gasteiger partial charge on any atom is -0.370 e. The monoisotopic (exact) mass is 807 g/mol. The highest BCUT2D eigenvalue weighted by molar-refractivity contribution is 6.30. The maximum absolute atomic E-state index is 14.1. The standard InChI is InChI=1S/C44H54ClN9O4/c45-36-20-18-33(19-21-36)32-14-10-28(11-15-32)24-37(46)39(55)27-35(9-5-23-53-44(50)51)42(58)54-38(40(56)26-34(41(47)57)8-4-22-52-43(48)49)25-29-12-16-31(17-13-29)30-6-2-1-3-7-30/h1-3,6-7,10-21,34-35,37-38H,4-5,8-9,22-27,46H2,(H2,47,57)(H,54,58)(H4,48,49,52)(H4,50,51,53)/t34-,35-,37+,38+/m1/s1. The van der Waals surface area contributed by atoms with E-state index in [0.29, 0.717) is 17.9 Å². The molecule has 58 heavy (non-hydrogen) atoms. The van der Waals surface area contributed by atoms with Crippen LogP contribution < -0.4 is 39.7 Å². The lowest BCUT2D eigenvalue weighted by molar-refractivity contribution is -0.134. The summed E-state index contributed by atoms with van der Waals surface area (Å²) in [5.41, 5.74) is 39.7. The van der Waals surface area contributed by atoms with Crippen LogP contribution >= 0.6 is 11.6 Å². The first-order valence-electron chi connectivity index (χ1n) is 19.3. The van der Waals surface area contributed by atoms with Gasteiger partial charge in [0.05, 0.1) is 12.1 Å². The number of aliphatic imine (C=N–C) groups is 2. The van der Waals surface area contributed by atoms with E-state index in [1.165, 1.54) is 0 Å². The molecule has 0 fully saturated rings. The molecule has 0 aromatic heterocycles. The number of nitrogens with two attached hydrogens (primary N) is 6. The first-order chi connectivity index (χ1) is 27.8. The number of rotatable bonds is 23. The number of carbonyl (C=O) groups excluding carboxylic acids is 4. The molecule has 13 N–H and O–H groups in total. The van der Waals surface area contributed by atoms with Gasteiger partial charge in [0.1, 0.15) is 0 Å². The van der Waals surface area contributed by atoms with Crippen molar-refractivity contribution in [3.8, 4) is 22.3 Å². The minimum atomic E-state index is -1.03. The van der Waals surface area contributed by atoms with Crippen molar-refractivity contribution in [1.82, 2.24) is 5.32 Å². The van der Waals surface area contributed by atoms with Gasteiger partial charge < -0.3 is 39.7 Å². The Morgan fingerprint density at radius 1 is 0.569 bits per heavy atom. The number of hydrogen-bond acceptors (Lipinski definition) is 7. The smallest absolute Gasteiger partial charge is 0.224 e. The number of halogens is 1. The molecule has 0 bridgehead atoms. The second-order valence-electron chi connectivity index (χ2n) is 14.4. The predicted molar refractivity (Wildman–Crippen MR) is 231 cm³/mol. The summed E-state index contributed by atoms with van der Waals surface area (Å²) in [5, 5.41) is 3.57. The molecule has 0 unspecified atom stereocenters. The molecule has 0 aliphatic rings. The van der Waals surface area contributed by atoms with Crippen LogP contribution in [-0.2, 0) is 32.0 Å². The summed E-state index contributed by atoms with van der Waals surface area (Å²) < 4.78 is 0. The number of benzene rings is 4. The van der Waals surface area contributed by atoms with Crippen molar-refractivity contribution in [2.75, 3.05) is 13.1 Å². The van der Waals surface area contributed by atoms with E-state index in [1.807, 2.05) is 103 Å². The van der Waals surface area contributed by atoms with Gasteiger partial charge in [-0.1, -0.05) is 103 Å². The number of ketones is 2. The highest BCUT2D eigenvalue weighted by Crippen LogP contribution is 2.24. The SMILES string of the molecule is NC(=O)[C@H](CCCN=C(N)N)CC(=O)[C@H](Cc1ccc(-c2ccccc2)cc1)NC(=O)[C@H](CCCN=C(N)N)CC(=O)[C@@H](N)Cc1ccc(-c2ccc(Cl)cc2)cc1. The third-order valence-corrected chi connectivity index (χ3v) is 10.1. The molecule has 0 aliphatic heterocycles. The lowest BCUT2D eigenvalue weighted by atomic mass is 9.89. The van der Waals surface area contributed by atoms with E-state index in [2.05, 4.69) is 15.3 Å². The molecule has 0 spiro atoms. The van der Waals surface area contributed by atoms with Gasteiger partial charge in [-0.2, -0.15) is 0 Å². The summed E-state index contributed by atoms with van der Waals surface area (Å²) >= 11 is 6.04. The van der Waals surface area contributed by atoms with E-state index in [9.17, 15) is 19.2 Å². The van der Waals surface area contributed by atoms with Gasteiger partial charge in [-0.05, 0) is 84.0 Å². The van der Waals surface area contributed by atoms with E-state index in [0.717, 1.165) is 33.4 Å². The van der Waals surface area contributed by atoms with E-state index in [1.54, 1.807) is 0 Å². The van der Waals surface area contributed by atoms with Crippen LogP contribution in [0.15, 0.2) is 113 Å². The van der Waals surface area contributed by atoms with Crippen LogP contribution in [-0.4, -0.2) is 60.5 Å². The Bertz CT molecular complexity index is 2010. The third-order valence-electron chi connectivity index (χ3n) is 9.89. The number of nitrogens with zero attached hydrogens (tertiary/aromatic N) is 2. The van der Waals surface area contributed by atoms with E-state index >= 15 is 0 Å². The first-order valence-corrected chi connectivity index (χ1v) is 19.7. The molecule has 4 rings (SSSR count). The van der Waals surface area contributed by atoms with Crippen molar-refractivity contribution in [1.29, 1.82) is 0 Å². The summed E-state index contributed by atoms with van der Waals surface area (Å²) in [6, 6.07) is 30.8. The molecule has 4 aromatic carbocycles. The number of hydrogen-bond donors (Lipinski definition) is 7. The summed E-state index contributed by atoms with van der Waals surface area (Å²) in [4.78, 5) is 62.2. The lowest BCUT2D eigenvalue weighted by Crippen LogP contribution is -2.47. The molecule has 0 saturated carbocycles. The number of carbonyl (C=O) groups is 4. The predicted octanol–water partition coefficient (Wildman–Crippen LogP) is 4.01. The number of Topliss-reactive ketones (excluding diaryl/α,β-unsaturated/α-hetero) is 2. The Morgan fingerprint density at radius 3 is 1.52 bits per heavy atom. The van der Waals surface area contributed by atoms with Gasteiger partial charge >= 0.3 is 0 Å². The largest absolute Gasteiger partial charge is 0.370 e. The van der Waals surface area contributed by atoms with Gasteiger partial charge in [-0.15, -0.1) is 0 Å². The number of amides is 2. The highest BCUT2D eigenvalue weighted by Gasteiger charge is 2.31. The first kappa shape index (κ1) is 44.7. The van der Waals surface area contributed by atoms with Crippen LogP contribution in [0.1, 0.15) is 49.7 Å². The molecule has 14 heteroatoms. The van der Waals surface area contributed by atoms with Crippen LogP contribution in [0, 0.1) is 11.8 Å². The van der Waals surface area contributed by atoms with Crippen molar-refractivity contribution < 1.29 is 19.2 Å². The van der Waals surface area contributed by atoms with E-state index in [4.69, 9.17) is 46.0 Å². The van der Waals surface area contributed by atoms with Crippen molar-refractivity contribution in [2.24, 2.45) is 56.2 Å². The Balaban J connectivity index is 1.52. The summed E-state index contributed by atoms with van der Waals surface area (Å²) in [6.45, 7) is 0.503. The maximum Gasteiger partial charge on any atom is 0.224 e. The molecule has 0 heterocycles. The van der Waals surface area contributed by atoms with Gasteiger partial charge in [0.25, 0.3) is 0 Å². The zero-order chi connectivity index (χ0) is 42.0. The number of guanidine groups is 2. The third kappa shape index (κ3) is 14.8. The quantitative estimate of drug-likeness (QED) is 0.0324. The van der Waals surface area contributed by atoms with Crippen LogP contribution in [0.2, 0.25) is 5.02 Å². The normalized spacial score (nSPS) is 13.0. The maximum atomic E-state index is 14.1. The molecule has 0 radical (unpaired) electrons. The summed E-state index contributed by atoms with van der Waals surface area (Å²) in [6.07, 6.45) is 1.36. The van der Waals surface area contributed by atoms with Gasteiger partial charge in [-0.25, -0.2) is 0 Å². The van der Waals surface area contributed by atoms with Gasteiger partial charge in [-0.3, -0.25) is 29.2 Å². The average molecular weight is 808 g/mol. The van der Waals surface area contributed by atoms with Crippen LogP contribution in [0.5, 0.6) is 0 Å². The summed E-state index contributed by atoms with van der Waals surface area (Å²) in [7, 11) is 0. The molecular weight excluding hydrogens is 754 g/mol. The Morgan fingerprint density at radius 2 is 1.02 bits per heavy atom. The molecule has 0 saturated heterocycles. The second-order valence-corrected chi connectivity index (χ2v) is 14.8. The Labute approximate surface area is 344 Å². The van der Waals surface area contributed by atoms with Crippen molar-refractivity contribution in [3.05, 3.63) is 119 Å². The van der Waals surface area contributed by atoms with Crippen molar-refractivity contribution in [3.63, 3.8) is 0 Å². The fourth-order valence-corrected chi connectivity index (χ4v) is 6.75. The molecule has 4 aromatic rings. The Kier molecular flexibility index (Phi) is 17.4. The summed E-state index contributed by atoms with van der Waals surface area (Å²) in [5.74, 6) is -3.66. The van der Waals surface area contributed by atoms with Gasteiger partial charge in [0.15, 0.2) is 23.5 Å². The van der Waals surface area contributed by atoms with Gasteiger partial charge in [0.2, 0.25) is 11.8 Å². The molecule has 0 aliphatic carbocycles. The van der Waals surface area contributed by atoms with E-state index in [-0.39, 0.29) is 75.1 Å². The van der Waals surface area contributed by atoms with E-state index < -0.39 is 35.7 Å². The molecule has 4 atom stereocenters. The number of nitrogens with one attached hydrogen (secondary N) is 1. The fraction of sp³-hybridized carbons (Fsp3) is 0.318. The highest BCUT2D eigenvalue weighted by atomic mass is 35.5. The van der Waals surface area contributed by atoms with Crippen molar-refractivity contribution >= 4 is 46.9 Å². The molecule has 306 valence electrons. The fourth-order valence-electron chi connectivity index (χ4n) is 6.62. The topological polar surface area (TPSA) is 261 Å². The van der Waals surface area contributed by atoms with Crippen LogP contribution in [0.3, 0.4) is 0 Å². The molecular formula is C44H54ClN9O4.